The molecule has 0 heterocycles. The SMILES string of the molecule is CCN(CC(=O)O)C1CC(NC(=O)Nc2ccc(C(C)C)cc2C(=O)OC)C1. The molecule has 1 aromatic rings. The van der Waals surface area contributed by atoms with Crippen LogP contribution in [0.25, 0.3) is 0 Å². The fourth-order valence-electron chi connectivity index (χ4n) is 3.33. The lowest BCUT2D eigenvalue weighted by atomic mass is 9.85. The molecule has 8 heteroatoms. The third-order valence-corrected chi connectivity index (χ3v) is 5.07. The summed E-state index contributed by atoms with van der Waals surface area (Å²) in [7, 11) is 1.30. The van der Waals surface area contributed by atoms with Crippen molar-refractivity contribution in [1.82, 2.24) is 10.2 Å². The van der Waals surface area contributed by atoms with Crippen LogP contribution >= 0.6 is 0 Å². The molecule has 0 atom stereocenters. The second-order valence-corrected chi connectivity index (χ2v) is 7.33. The first kappa shape index (κ1) is 21.7. The van der Waals surface area contributed by atoms with Crippen molar-refractivity contribution in [3.05, 3.63) is 29.3 Å². The number of likely N-dealkylation sites (N-methyl/N-ethyl adjacent to an activating group) is 1. The number of ether oxygens (including phenoxy) is 1. The summed E-state index contributed by atoms with van der Waals surface area (Å²) in [5, 5.41) is 14.5. The maximum atomic E-state index is 12.3. The Morgan fingerprint density at radius 2 is 1.96 bits per heavy atom. The largest absolute Gasteiger partial charge is 0.480 e. The van der Waals surface area contributed by atoms with Crippen LogP contribution in [0.5, 0.6) is 0 Å². The Kier molecular flexibility index (Phi) is 7.39. The molecule has 1 aliphatic carbocycles. The van der Waals surface area contributed by atoms with Crippen LogP contribution < -0.4 is 10.6 Å². The number of rotatable bonds is 8. The Morgan fingerprint density at radius 1 is 1.29 bits per heavy atom. The zero-order valence-corrected chi connectivity index (χ0v) is 16.8. The smallest absolute Gasteiger partial charge is 0.339 e. The van der Waals surface area contributed by atoms with Gasteiger partial charge in [0.25, 0.3) is 0 Å². The number of carbonyl (C=O) groups excluding carboxylic acids is 2. The van der Waals surface area contributed by atoms with Gasteiger partial charge in [0.1, 0.15) is 0 Å². The first-order valence-electron chi connectivity index (χ1n) is 9.50. The van der Waals surface area contributed by atoms with Gasteiger partial charge in [-0.1, -0.05) is 26.8 Å². The van der Waals surface area contributed by atoms with E-state index in [9.17, 15) is 14.4 Å². The minimum Gasteiger partial charge on any atom is -0.480 e. The highest BCUT2D eigenvalue weighted by Crippen LogP contribution is 2.26. The van der Waals surface area contributed by atoms with Gasteiger partial charge >= 0.3 is 18.0 Å². The lowest BCUT2D eigenvalue weighted by molar-refractivity contribution is -0.139. The van der Waals surface area contributed by atoms with Gasteiger partial charge in [-0.2, -0.15) is 0 Å². The molecule has 3 N–H and O–H groups in total. The molecule has 154 valence electrons. The summed E-state index contributed by atoms with van der Waals surface area (Å²) in [6, 6.07) is 5.04. The van der Waals surface area contributed by atoms with Crippen LogP contribution in [0.1, 0.15) is 55.5 Å². The van der Waals surface area contributed by atoms with Gasteiger partial charge in [0, 0.05) is 12.1 Å². The monoisotopic (exact) mass is 391 g/mol. The van der Waals surface area contributed by atoms with Crippen molar-refractivity contribution < 1.29 is 24.2 Å². The van der Waals surface area contributed by atoms with E-state index in [1.165, 1.54) is 7.11 Å². The number of nitrogens with one attached hydrogen (secondary N) is 2. The highest BCUT2D eigenvalue weighted by Gasteiger charge is 2.34. The summed E-state index contributed by atoms with van der Waals surface area (Å²) in [4.78, 5) is 37.2. The zero-order chi connectivity index (χ0) is 20.8. The number of hydrogen-bond donors (Lipinski definition) is 3. The van der Waals surface area contributed by atoms with Crippen molar-refractivity contribution in [2.45, 2.75) is 51.6 Å². The predicted molar refractivity (Wildman–Crippen MR) is 106 cm³/mol. The Bertz CT molecular complexity index is 729. The Morgan fingerprint density at radius 3 is 2.50 bits per heavy atom. The first-order chi connectivity index (χ1) is 13.2. The van der Waals surface area contributed by atoms with Gasteiger partial charge in [-0.05, 0) is 43.0 Å². The number of nitrogens with zero attached hydrogens (tertiary/aromatic N) is 1. The van der Waals surface area contributed by atoms with E-state index in [0.717, 1.165) is 5.56 Å². The number of benzene rings is 1. The Balaban J connectivity index is 1.95. The van der Waals surface area contributed by atoms with E-state index < -0.39 is 18.0 Å². The number of carbonyl (C=O) groups is 3. The van der Waals surface area contributed by atoms with E-state index in [2.05, 4.69) is 10.6 Å². The molecule has 0 saturated heterocycles. The molecule has 2 amide bonds. The maximum Gasteiger partial charge on any atom is 0.339 e. The molecule has 1 aromatic carbocycles. The topological polar surface area (TPSA) is 108 Å². The average Bonchev–Trinajstić information content (AvgIpc) is 2.61. The molecule has 1 fully saturated rings. The summed E-state index contributed by atoms with van der Waals surface area (Å²) in [5.74, 6) is -1.12. The summed E-state index contributed by atoms with van der Waals surface area (Å²) in [5.41, 5.74) is 1.69. The Labute approximate surface area is 165 Å². The zero-order valence-electron chi connectivity index (χ0n) is 16.8. The quantitative estimate of drug-likeness (QED) is 0.588. The first-order valence-corrected chi connectivity index (χ1v) is 9.50. The molecule has 1 saturated carbocycles. The molecule has 2 rings (SSSR count). The van der Waals surface area contributed by atoms with Gasteiger partial charge in [0.2, 0.25) is 0 Å². The van der Waals surface area contributed by atoms with Crippen molar-refractivity contribution in [2.75, 3.05) is 25.5 Å². The number of aliphatic carboxylic acids is 1. The van der Waals surface area contributed by atoms with Crippen molar-refractivity contribution in [3.63, 3.8) is 0 Å². The molecular formula is C20H29N3O5. The molecule has 0 spiro atoms. The molecule has 0 aromatic heterocycles. The summed E-state index contributed by atoms with van der Waals surface area (Å²) < 4.78 is 4.83. The summed E-state index contributed by atoms with van der Waals surface area (Å²) in [6.45, 7) is 6.62. The van der Waals surface area contributed by atoms with E-state index in [1.54, 1.807) is 12.1 Å². The molecule has 0 aliphatic heterocycles. The van der Waals surface area contributed by atoms with Crippen molar-refractivity contribution >= 4 is 23.7 Å². The van der Waals surface area contributed by atoms with Crippen molar-refractivity contribution in [1.29, 1.82) is 0 Å². The van der Waals surface area contributed by atoms with E-state index >= 15 is 0 Å². The fourth-order valence-corrected chi connectivity index (χ4v) is 3.33. The maximum absolute atomic E-state index is 12.3. The van der Waals surface area contributed by atoms with Crippen LogP contribution in [0.2, 0.25) is 0 Å². The van der Waals surface area contributed by atoms with Gasteiger partial charge < -0.3 is 20.5 Å². The average molecular weight is 391 g/mol. The van der Waals surface area contributed by atoms with Crippen molar-refractivity contribution in [2.24, 2.45) is 0 Å². The minimum atomic E-state index is -0.851. The Hall–Kier alpha value is -2.61. The number of anilines is 1. The lowest BCUT2D eigenvalue weighted by Crippen LogP contribution is -2.55. The van der Waals surface area contributed by atoms with Gasteiger partial charge in [-0.15, -0.1) is 0 Å². The third-order valence-electron chi connectivity index (χ3n) is 5.07. The number of carboxylic acids is 1. The second-order valence-electron chi connectivity index (χ2n) is 7.33. The molecular weight excluding hydrogens is 362 g/mol. The number of hydrogen-bond acceptors (Lipinski definition) is 5. The van der Waals surface area contributed by atoms with Crippen LogP contribution in [0.15, 0.2) is 18.2 Å². The highest BCUT2D eigenvalue weighted by molar-refractivity contribution is 6.01. The third kappa shape index (κ3) is 5.45. The van der Waals surface area contributed by atoms with Gasteiger partial charge in [-0.3, -0.25) is 9.69 Å². The summed E-state index contributed by atoms with van der Waals surface area (Å²) in [6.07, 6.45) is 1.40. The van der Waals surface area contributed by atoms with Crippen LogP contribution in [0, 0.1) is 0 Å². The van der Waals surface area contributed by atoms with E-state index in [-0.39, 0.29) is 24.5 Å². The van der Waals surface area contributed by atoms with Crippen LogP contribution in [0.3, 0.4) is 0 Å². The molecule has 28 heavy (non-hydrogen) atoms. The molecule has 8 nitrogen and oxygen atoms in total. The van der Waals surface area contributed by atoms with Gasteiger partial charge in [0.05, 0.1) is 24.9 Å². The lowest BCUT2D eigenvalue weighted by Gasteiger charge is -2.42. The van der Waals surface area contributed by atoms with Crippen LogP contribution in [-0.4, -0.2) is 60.3 Å². The highest BCUT2D eigenvalue weighted by atomic mass is 16.5. The van der Waals surface area contributed by atoms with Gasteiger partial charge in [-0.25, -0.2) is 9.59 Å². The number of amides is 2. The number of urea groups is 1. The number of methoxy groups -OCH3 is 1. The van der Waals surface area contributed by atoms with E-state index in [1.807, 2.05) is 31.7 Å². The van der Waals surface area contributed by atoms with Crippen molar-refractivity contribution in [3.8, 4) is 0 Å². The predicted octanol–water partition coefficient (Wildman–Crippen LogP) is 2.66. The standard InChI is InChI=1S/C20H29N3O5/c1-5-23(11-18(24)25)15-9-14(10-15)21-20(27)22-17-7-6-13(12(2)3)8-16(17)19(26)28-4/h6-8,12,14-15H,5,9-11H2,1-4H3,(H,24,25)(H2,21,22,27). The minimum absolute atomic E-state index is 0.00473. The van der Waals surface area contributed by atoms with Crippen LogP contribution in [-0.2, 0) is 9.53 Å². The van der Waals surface area contributed by atoms with Crippen LogP contribution in [0.4, 0.5) is 10.5 Å². The van der Waals surface area contributed by atoms with E-state index in [0.29, 0.717) is 30.6 Å². The van der Waals surface area contributed by atoms with E-state index in [4.69, 9.17) is 9.84 Å². The second kappa shape index (κ2) is 9.54. The van der Waals surface area contributed by atoms with Gasteiger partial charge in [0.15, 0.2) is 0 Å². The number of carboxylic acid groups (broad SMARTS) is 1. The summed E-state index contributed by atoms with van der Waals surface area (Å²) >= 11 is 0. The normalized spacial score (nSPS) is 18.5. The molecule has 0 bridgehead atoms. The molecule has 0 unspecified atom stereocenters. The fraction of sp³-hybridized carbons (Fsp3) is 0.550. The number of esters is 1. The molecule has 0 radical (unpaired) electrons. The molecule has 1 aliphatic rings.